The maximum Gasteiger partial charge on any atom is 0.346 e. The highest BCUT2D eigenvalue weighted by molar-refractivity contribution is 8.04. The summed E-state index contributed by atoms with van der Waals surface area (Å²) >= 11 is 1.37. The second-order valence-electron chi connectivity index (χ2n) is 6.72. The molecule has 0 aliphatic carbocycles. The molecule has 2 unspecified atom stereocenters. The van der Waals surface area contributed by atoms with Crippen LogP contribution in [0.15, 0.2) is 22.7 Å². The number of Topliss-reactive ketones (excluding diaryl/α,β-unsaturated/α-hetero) is 1. The molecule has 3 aliphatic rings. The van der Waals surface area contributed by atoms with Crippen molar-refractivity contribution in [3.05, 3.63) is 34.1 Å². The number of rotatable bonds is 2. The number of fused-ring (bicyclic) bond motifs is 3. The van der Waals surface area contributed by atoms with Crippen LogP contribution in [0.5, 0.6) is 0 Å². The Balaban J connectivity index is 1.79. The molecule has 1 aromatic carbocycles. The average molecular weight is 366 g/mol. The van der Waals surface area contributed by atoms with Gasteiger partial charge in [-0.15, -0.1) is 0 Å². The summed E-state index contributed by atoms with van der Waals surface area (Å²) in [5, 5.41) is 19.6. The van der Waals surface area contributed by atoms with E-state index in [1.165, 1.54) is 17.8 Å². The number of aliphatic hydroxyl groups is 1. The molecule has 2 fully saturated rings. The zero-order valence-electron chi connectivity index (χ0n) is 13.6. The fourth-order valence-corrected chi connectivity index (χ4v) is 5.11. The molecule has 6 nitrogen and oxygen atoms in total. The Labute approximate surface area is 147 Å². The molecule has 2 atom stereocenters. The summed E-state index contributed by atoms with van der Waals surface area (Å²) < 4.78 is 14.7. The van der Waals surface area contributed by atoms with Gasteiger partial charge in [-0.1, -0.05) is 0 Å². The molecule has 132 valence electrons. The van der Waals surface area contributed by atoms with Crippen molar-refractivity contribution in [2.75, 3.05) is 13.1 Å². The number of hydrogen-bond donors (Lipinski definition) is 4. The van der Waals surface area contributed by atoms with E-state index in [9.17, 15) is 24.2 Å². The molecule has 0 spiro atoms. The number of hydrogen-bond acceptors (Lipinski definition) is 4. The number of aliphatic carboxylic acids is 1. The van der Waals surface area contributed by atoms with Gasteiger partial charge in [0.05, 0.1) is 30.8 Å². The Morgan fingerprint density at radius 1 is 1.28 bits per heavy atom. The number of quaternary nitrogens is 2. The Morgan fingerprint density at radius 2 is 1.96 bits per heavy atom. The minimum atomic E-state index is -1.26. The number of carbonyl (C=O) groups excluding carboxylic acids is 1. The van der Waals surface area contributed by atoms with Crippen molar-refractivity contribution in [2.45, 2.75) is 31.2 Å². The third-order valence-electron chi connectivity index (χ3n) is 5.20. The molecule has 0 bridgehead atoms. The predicted molar refractivity (Wildman–Crippen MR) is 88.7 cm³/mol. The van der Waals surface area contributed by atoms with Crippen molar-refractivity contribution in [1.82, 2.24) is 0 Å². The quantitative estimate of drug-likeness (QED) is 0.536. The van der Waals surface area contributed by atoms with Crippen LogP contribution in [0.4, 0.5) is 15.8 Å². The van der Waals surface area contributed by atoms with Gasteiger partial charge in [0, 0.05) is 12.8 Å². The Kier molecular flexibility index (Phi) is 3.95. The lowest BCUT2D eigenvalue weighted by molar-refractivity contribution is -0.842. The Bertz CT molecular complexity index is 817. The van der Waals surface area contributed by atoms with Crippen LogP contribution in [0.3, 0.4) is 0 Å². The van der Waals surface area contributed by atoms with E-state index in [1.807, 2.05) is 6.92 Å². The number of thioether (sulfide) groups is 1. The number of carboxylic acid groups (broad SMARTS) is 1. The summed E-state index contributed by atoms with van der Waals surface area (Å²) in [5.41, 5.74) is 1.05. The van der Waals surface area contributed by atoms with Crippen LogP contribution in [-0.2, 0) is 4.79 Å². The second kappa shape index (κ2) is 5.91. The van der Waals surface area contributed by atoms with Gasteiger partial charge in [0.1, 0.15) is 0 Å². The Morgan fingerprint density at radius 3 is 2.56 bits per heavy atom. The summed E-state index contributed by atoms with van der Waals surface area (Å²) in [7, 11) is 0. The molecule has 4 rings (SSSR count). The fraction of sp³-hybridized carbons (Fsp3) is 0.412. The smallest absolute Gasteiger partial charge is 0.346 e. The number of ketones is 1. The van der Waals surface area contributed by atoms with Gasteiger partial charge in [0.25, 0.3) is 0 Å². The molecule has 8 heteroatoms. The van der Waals surface area contributed by atoms with Gasteiger partial charge in [-0.2, -0.15) is 0 Å². The molecule has 1 aromatic rings. The van der Waals surface area contributed by atoms with Crippen LogP contribution < -0.4 is 9.80 Å². The minimum Gasteiger partial charge on any atom is -0.477 e. The largest absolute Gasteiger partial charge is 0.477 e. The Hall–Kier alpha value is -1.74. The molecule has 3 heterocycles. The number of benzene rings is 1. The van der Waals surface area contributed by atoms with E-state index >= 15 is 0 Å². The van der Waals surface area contributed by atoms with Crippen LogP contribution in [0.25, 0.3) is 0 Å². The van der Waals surface area contributed by atoms with Crippen LogP contribution in [0.1, 0.15) is 30.1 Å². The predicted octanol–water partition coefficient (Wildman–Crippen LogP) is -0.401. The van der Waals surface area contributed by atoms with Crippen LogP contribution in [0, 0.1) is 5.82 Å². The zero-order chi connectivity index (χ0) is 17.9. The molecule has 2 saturated heterocycles. The zero-order valence-corrected chi connectivity index (χ0v) is 14.5. The minimum absolute atomic E-state index is 0.0766. The van der Waals surface area contributed by atoms with Gasteiger partial charge in [-0.05, 0) is 24.8 Å². The number of halogens is 1. The van der Waals surface area contributed by atoms with Gasteiger partial charge in [-0.3, -0.25) is 14.6 Å². The van der Waals surface area contributed by atoms with Gasteiger partial charge >= 0.3 is 5.97 Å². The van der Waals surface area contributed by atoms with E-state index in [-0.39, 0.29) is 22.6 Å². The molecule has 3 aliphatic heterocycles. The molecule has 0 amide bonds. The van der Waals surface area contributed by atoms with Gasteiger partial charge in [0.2, 0.25) is 5.78 Å². The number of nitrogens with one attached hydrogen (secondary N) is 2. The first-order valence-corrected chi connectivity index (χ1v) is 9.19. The molecule has 0 saturated carbocycles. The molecular formula is C17H19FN2O4S+2. The van der Waals surface area contributed by atoms with Crippen molar-refractivity contribution in [2.24, 2.45) is 0 Å². The molecule has 25 heavy (non-hydrogen) atoms. The van der Waals surface area contributed by atoms with E-state index in [0.29, 0.717) is 42.3 Å². The number of carbonyl (C=O) groups is 2. The SMILES string of the molecule is CC1SC2=C(C(=O)O)C(=O)c3cc(F)c([NH+]4CCC(O)CC4)cc3[NH+]21. The molecule has 4 N–H and O–H groups in total. The van der Waals surface area contributed by atoms with E-state index in [1.54, 1.807) is 6.07 Å². The standard InChI is InChI=1S/C17H17FN2O4S/c1-8-20-12-7-13(19-4-2-9(21)3-5-19)11(18)6-10(12)15(22)14(17(23)24)16(20)25-8/h6-9,21H,2-5H2,1H3,(H,23,24)/p+2. The maximum atomic E-state index is 14.7. The van der Waals surface area contributed by atoms with Gasteiger partial charge in [-0.25, -0.2) is 9.18 Å². The van der Waals surface area contributed by atoms with Crippen molar-refractivity contribution in [3.63, 3.8) is 0 Å². The van der Waals surface area contributed by atoms with Crippen molar-refractivity contribution < 1.29 is 34.0 Å². The molecular weight excluding hydrogens is 347 g/mol. The summed E-state index contributed by atoms with van der Waals surface area (Å²) in [4.78, 5) is 25.8. The maximum absolute atomic E-state index is 14.7. The van der Waals surface area contributed by atoms with Crippen molar-refractivity contribution in [1.29, 1.82) is 0 Å². The highest BCUT2D eigenvalue weighted by atomic mass is 32.2. The summed E-state index contributed by atoms with van der Waals surface area (Å²) in [6, 6.07) is 2.90. The lowest BCUT2D eigenvalue weighted by atomic mass is 9.96. The van der Waals surface area contributed by atoms with Crippen molar-refractivity contribution in [3.8, 4) is 0 Å². The van der Waals surface area contributed by atoms with E-state index in [0.717, 1.165) is 9.80 Å². The fourth-order valence-electron chi connectivity index (χ4n) is 3.87. The highest BCUT2D eigenvalue weighted by Crippen LogP contribution is 2.37. The summed E-state index contributed by atoms with van der Waals surface area (Å²) in [6.07, 6.45) is 0.889. The third kappa shape index (κ3) is 2.52. The third-order valence-corrected chi connectivity index (χ3v) is 6.44. The molecule has 0 radical (unpaired) electrons. The van der Waals surface area contributed by atoms with Crippen LogP contribution >= 0.6 is 11.8 Å². The number of piperidine rings is 1. The van der Waals surface area contributed by atoms with Crippen LogP contribution in [0.2, 0.25) is 0 Å². The van der Waals surface area contributed by atoms with Gasteiger partial charge < -0.3 is 10.2 Å². The lowest BCUT2D eigenvalue weighted by Gasteiger charge is -2.39. The summed E-state index contributed by atoms with van der Waals surface area (Å²) in [6.45, 7) is 3.22. The van der Waals surface area contributed by atoms with E-state index < -0.39 is 17.6 Å². The normalized spacial score (nSPS) is 31.2. The van der Waals surface area contributed by atoms with Crippen molar-refractivity contribution >= 4 is 34.9 Å². The van der Waals surface area contributed by atoms with Gasteiger partial charge in [0.15, 0.2) is 33.2 Å². The topological polar surface area (TPSA) is 83.5 Å². The number of aliphatic hydroxyl groups excluding tert-OH is 1. The monoisotopic (exact) mass is 366 g/mol. The first-order chi connectivity index (χ1) is 11.9. The van der Waals surface area contributed by atoms with Crippen LogP contribution in [-0.4, -0.2) is 46.5 Å². The number of carboxylic acids is 1. The highest BCUT2D eigenvalue weighted by Gasteiger charge is 2.51. The van der Waals surface area contributed by atoms with E-state index in [4.69, 9.17) is 0 Å². The van der Waals surface area contributed by atoms with E-state index in [2.05, 4.69) is 0 Å². The first-order valence-electron chi connectivity index (χ1n) is 8.31. The summed E-state index contributed by atoms with van der Waals surface area (Å²) in [5.74, 6) is -2.37. The molecule has 0 aromatic heterocycles. The average Bonchev–Trinajstić information content (AvgIpc) is 2.55. The first kappa shape index (κ1) is 16.7. The second-order valence-corrected chi connectivity index (χ2v) is 8.08. The lowest BCUT2D eigenvalue weighted by Crippen LogP contribution is -3.14.